The van der Waals surface area contributed by atoms with E-state index in [2.05, 4.69) is 16.7 Å². The lowest BCUT2D eigenvalue weighted by molar-refractivity contribution is -0.150. The van der Waals surface area contributed by atoms with Gasteiger partial charge in [-0.1, -0.05) is 0 Å². The number of methoxy groups -OCH3 is 2. The molecule has 1 aromatic carbocycles. The molecule has 30 heavy (non-hydrogen) atoms. The number of carbonyl (C=O) groups is 2. The molecule has 162 valence electrons. The topological polar surface area (TPSA) is 89.8 Å². The van der Waals surface area contributed by atoms with Gasteiger partial charge in [-0.05, 0) is 37.7 Å². The molecule has 11 heteroatoms. The number of carbonyl (C=O) groups excluding carboxylic acids is 2. The largest absolute Gasteiger partial charge is 0.493 e. The van der Waals surface area contributed by atoms with Crippen LogP contribution < -0.4 is 14.4 Å². The summed E-state index contributed by atoms with van der Waals surface area (Å²) in [4.78, 5) is 33.9. The van der Waals surface area contributed by atoms with Crippen LogP contribution in [0.1, 0.15) is 13.8 Å². The van der Waals surface area contributed by atoms with Crippen LogP contribution in [0.15, 0.2) is 27.3 Å². The Morgan fingerprint density at radius 1 is 1.30 bits per heavy atom. The van der Waals surface area contributed by atoms with E-state index >= 15 is 0 Å². The molecule has 0 bridgehead atoms. The van der Waals surface area contributed by atoms with Gasteiger partial charge in [0.05, 0.1) is 26.5 Å². The molecule has 0 spiro atoms. The summed E-state index contributed by atoms with van der Waals surface area (Å²) in [5, 5.41) is -0.305. The normalized spacial score (nSPS) is 17.2. The number of hydrogen-bond acceptors (Lipinski definition) is 6. The minimum atomic E-state index is -1.61. The van der Waals surface area contributed by atoms with E-state index in [0.29, 0.717) is 5.57 Å². The third-order valence-corrected chi connectivity index (χ3v) is 4.51. The molecule has 1 aromatic rings. The molecule has 0 fully saturated rings. The van der Waals surface area contributed by atoms with E-state index in [1.807, 2.05) is 0 Å². The molecule has 1 amide bonds. The molecule has 1 unspecified atom stereocenters. The first-order valence-electron chi connectivity index (χ1n) is 8.70. The number of ether oxygens (including phenoxy) is 3. The second-order valence-corrected chi connectivity index (χ2v) is 6.41. The summed E-state index contributed by atoms with van der Waals surface area (Å²) in [6.45, 7) is 6.00. The lowest BCUT2D eigenvalue weighted by atomic mass is 9.94. The van der Waals surface area contributed by atoms with Crippen molar-refractivity contribution in [2.75, 3.05) is 32.3 Å². The molecule has 1 heterocycles. The van der Waals surface area contributed by atoms with Crippen molar-refractivity contribution in [3.8, 4) is 11.5 Å². The minimum absolute atomic E-state index is 0.0252. The number of halogens is 3. The molecule has 0 saturated heterocycles. The number of amides is 1. The van der Waals surface area contributed by atoms with Crippen molar-refractivity contribution in [3.05, 3.63) is 29.0 Å². The van der Waals surface area contributed by atoms with Gasteiger partial charge in [0.15, 0.2) is 29.1 Å². The summed E-state index contributed by atoms with van der Waals surface area (Å²) in [5.41, 5.74) is -0.404. The van der Waals surface area contributed by atoms with E-state index < -0.39 is 35.1 Å². The first kappa shape index (κ1) is 23.3. The first-order chi connectivity index (χ1) is 14.2. The predicted molar refractivity (Wildman–Crippen MR) is 107 cm³/mol. The fraction of sp³-hybridized carbons (Fsp3) is 0.368. The summed E-state index contributed by atoms with van der Waals surface area (Å²) >= 11 is 5.80. The van der Waals surface area contributed by atoms with E-state index in [1.54, 1.807) is 6.92 Å². The SMILES string of the molecule is C=N/C(Cl)=N\C1=C(C)CN(c2c(F)c(OC)cc(OC)c2F)C(=O)C1C(=O)OCC. The first-order valence-corrected chi connectivity index (χ1v) is 9.08. The smallest absolute Gasteiger partial charge is 0.324 e. The average molecular weight is 444 g/mol. The second kappa shape index (κ2) is 9.66. The van der Waals surface area contributed by atoms with Crippen LogP contribution in [-0.2, 0) is 14.3 Å². The van der Waals surface area contributed by atoms with Crippen LogP contribution in [-0.4, -0.2) is 51.3 Å². The number of nitrogens with zero attached hydrogens (tertiary/aromatic N) is 3. The van der Waals surface area contributed by atoms with Crippen LogP contribution >= 0.6 is 11.6 Å². The number of amidine groups is 1. The third-order valence-electron chi connectivity index (χ3n) is 4.30. The summed E-state index contributed by atoms with van der Waals surface area (Å²) in [6.07, 6.45) is 0. The predicted octanol–water partition coefficient (Wildman–Crippen LogP) is 3.08. The number of rotatable bonds is 6. The Balaban J connectivity index is 2.72. The van der Waals surface area contributed by atoms with Crippen molar-refractivity contribution < 1.29 is 32.6 Å². The number of aliphatic imine (C=N–C) groups is 2. The Hall–Kier alpha value is -3.01. The number of hydrogen-bond donors (Lipinski definition) is 0. The van der Waals surface area contributed by atoms with E-state index in [-0.39, 0.29) is 35.6 Å². The lowest BCUT2D eigenvalue weighted by Gasteiger charge is -2.33. The number of benzene rings is 1. The Morgan fingerprint density at radius 3 is 2.33 bits per heavy atom. The van der Waals surface area contributed by atoms with Crippen LogP contribution in [0.25, 0.3) is 0 Å². The molecule has 0 aliphatic carbocycles. The Labute approximate surface area is 176 Å². The van der Waals surface area contributed by atoms with E-state index in [1.165, 1.54) is 21.1 Å². The van der Waals surface area contributed by atoms with Gasteiger partial charge in [-0.15, -0.1) is 0 Å². The Morgan fingerprint density at radius 2 is 1.87 bits per heavy atom. The van der Waals surface area contributed by atoms with E-state index in [4.69, 9.17) is 25.8 Å². The highest BCUT2D eigenvalue weighted by atomic mass is 35.5. The van der Waals surface area contributed by atoms with Crippen molar-refractivity contribution in [1.29, 1.82) is 0 Å². The lowest BCUT2D eigenvalue weighted by Crippen LogP contribution is -2.46. The zero-order valence-corrected chi connectivity index (χ0v) is 17.5. The molecular weight excluding hydrogens is 424 g/mol. The van der Waals surface area contributed by atoms with Crippen molar-refractivity contribution in [3.63, 3.8) is 0 Å². The average Bonchev–Trinajstić information content (AvgIpc) is 2.71. The van der Waals surface area contributed by atoms with E-state index in [0.717, 1.165) is 11.0 Å². The van der Waals surface area contributed by atoms with Gasteiger partial charge in [-0.2, -0.15) is 0 Å². The highest BCUT2D eigenvalue weighted by Gasteiger charge is 2.43. The van der Waals surface area contributed by atoms with Crippen LogP contribution in [0.3, 0.4) is 0 Å². The number of anilines is 1. The number of esters is 1. The standard InChI is InChI=1S/C19H20ClF2N3O5/c1-6-30-18(27)12-15(24-19(20)23-3)9(2)8-25(17(12)26)16-13(21)10(28-4)7-11(29-5)14(16)22/h7,12H,3,6,8H2,1-2,4-5H3/b24-19-. The van der Waals surface area contributed by atoms with Gasteiger partial charge in [0.1, 0.15) is 5.69 Å². The van der Waals surface area contributed by atoms with Gasteiger partial charge >= 0.3 is 5.97 Å². The van der Waals surface area contributed by atoms with Gasteiger partial charge in [0.25, 0.3) is 0 Å². The zero-order valence-electron chi connectivity index (χ0n) is 16.8. The highest BCUT2D eigenvalue weighted by Crippen LogP contribution is 2.40. The summed E-state index contributed by atoms with van der Waals surface area (Å²) < 4.78 is 44.7. The van der Waals surface area contributed by atoms with Crippen LogP contribution in [0.5, 0.6) is 11.5 Å². The van der Waals surface area contributed by atoms with Crippen molar-refractivity contribution in [1.82, 2.24) is 0 Å². The second-order valence-electron chi connectivity index (χ2n) is 6.07. The van der Waals surface area contributed by atoms with Crippen molar-refractivity contribution >= 4 is 41.2 Å². The van der Waals surface area contributed by atoms with Crippen molar-refractivity contribution in [2.24, 2.45) is 15.9 Å². The quantitative estimate of drug-likeness (QED) is 0.221. The van der Waals surface area contributed by atoms with Gasteiger partial charge in [-0.3, -0.25) is 9.59 Å². The van der Waals surface area contributed by atoms with Gasteiger partial charge < -0.3 is 19.1 Å². The maximum atomic E-state index is 15.0. The fourth-order valence-electron chi connectivity index (χ4n) is 2.95. The zero-order chi connectivity index (χ0) is 22.6. The van der Waals surface area contributed by atoms with Gasteiger partial charge in [0, 0.05) is 12.6 Å². The molecule has 0 saturated carbocycles. The molecule has 0 N–H and O–H groups in total. The monoisotopic (exact) mass is 443 g/mol. The Bertz CT molecular complexity index is 920. The molecule has 8 nitrogen and oxygen atoms in total. The molecule has 1 aliphatic heterocycles. The van der Waals surface area contributed by atoms with Crippen LogP contribution in [0.2, 0.25) is 0 Å². The molecule has 1 atom stereocenters. The molecule has 1 aliphatic rings. The molecule has 0 aromatic heterocycles. The molecular formula is C19H20ClF2N3O5. The van der Waals surface area contributed by atoms with Gasteiger partial charge in [0.2, 0.25) is 11.2 Å². The highest BCUT2D eigenvalue weighted by molar-refractivity contribution is 6.65. The van der Waals surface area contributed by atoms with Crippen LogP contribution in [0.4, 0.5) is 14.5 Å². The van der Waals surface area contributed by atoms with E-state index in [9.17, 15) is 18.4 Å². The summed E-state index contributed by atoms with van der Waals surface area (Å²) in [7, 11) is 2.36. The Kier molecular flexibility index (Phi) is 7.49. The fourth-order valence-corrected chi connectivity index (χ4v) is 3.04. The maximum absolute atomic E-state index is 15.0. The molecule has 2 rings (SSSR count). The van der Waals surface area contributed by atoms with Crippen molar-refractivity contribution in [2.45, 2.75) is 13.8 Å². The minimum Gasteiger partial charge on any atom is -0.493 e. The summed E-state index contributed by atoms with van der Waals surface area (Å²) in [5.74, 6) is -6.45. The summed E-state index contributed by atoms with van der Waals surface area (Å²) in [6, 6.07) is 1.01. The third kappa shape index (κ3) is 4.28. The maximum Gasteiger partial charge on any atom is 0.324 e. The van der Waals surface area contributed by atoms with Gasteiger partial charge in [-0.25, -0.2) is 18.8 Å². The molecule has 0 radical (unpaired) electrons. The van der Waals surface area contributed by atoms with Crippen LogP contribution in [0, 0.1) is 17.6 Å².